The van der Waals surface area contributed by atoms with Crippen molar-refractivity contribution < 1.29 is 9.21 Å². The summed E-state index contributed by atoms with van der Waals surface area (Å²) in [6.45, 7) is 7.42. The molecule has 5 aromatic rings. The molecule has 10 heteroatoms. The van der Waals surface area contributed by atoms with Crippen LogP contribution in [0, 0.1) is 0 Å². The fraction of sp³-hybridized carbons (Fsp3) is 0.250. The van der Waals surface area contributed by atoms with Crippen molar-refractivity contribution in [1.82, 2.24) is 29.9 Å². The van der Waals surface area contributed by atoms with Crippen molar-refractivity contribution in [2.45, 2.75) is 25.8 Å². The molecule has 2 aromatic carbocycles. The lowest BCUT2D eigenvalue weighted by Crippen LogP contribution is -2.39. The van der Waals surface area contributed by atoms with Crippen LogP contribution in [0.5, 0.6) is 0 Å². The molecule has 3 aromatic heterocycles. The van der Waals surface area contributed by atoms with Gasteiger partial charge in [-0.25, -0.2) is 10.1 Å². The van der Waals surface area contributed by atoms with E-state index in [2.05, 4.69) is 26.7 Å². The van der Waals surface area contributed by atoms with E-state index in [1.165, 1.54) is 6.92 Å². The zero-order valence-corrected chi connectivity index (χ0v) is 21.0. The maximum absolute atomic E-state index is 13.0. The van der Waals surface area contributed by atoms with Crippen LogP contribution in [0.3, 0.4) is 0 Å². The van der Waals surface area contributed by atoms with Crippen LogP contribution in [-0.4, -0.2) is 55.3 Å². The zero-order valence-electron chi connectivity index (χ0n) is 21.0. The van der Waals surface area contributed by atoms with E-state index in [9.17, 15) is 9.59 Å². The number of nitrogen functional groups attached to an aromatic ring is 1. The van der Waals surface area contributed by atoms with Crippen LogP contribution in [0.1, 0.15) is 25.8 Å². The Kier molecular flexibility index (Phi) is 5.88. The van der Waals surface area contributed by atoms with Gasteiger partial charge in [0.05, 0.1) is 11.4 Å². The Bertz CT molecular complexity index is 1710. The second-order valence-electron chi connectivity index (χ2n) is 9.71. The van der Waals surface area contributed by atoms with E-state index in [0.29, 0.717) is 41.2 Å². The minimum Gasteiger partial charge on any atom is -0.436 e. The number of fused-ring (bicyclic) bond motifs is 2. The molecule has 1 aliphatic rings. The molecule has 38 heavy (non-hydrogen) atoms. The molecule has 3 N–H and O–H groups in total. The molecule has 4 heterocycles. The molecule has 1 atom stereocenters. The van der Waals surface area contributed by atoms with Crippen LogP contribution in [-0.2, 0) is 4.79 Å². The number of aromatic amines is 1. The van der Waals surface area contributed by atoms with Crippen molar-refractivity contribution in [3.63, 3.8) is 0 Å². The zero-order chi connectivity index (χ0) is 26.4. The molecule has 0 spiro atoms. The van der Waals surface area contributed by atoms with Crippen LogP contribution < -0.4 is 11.3 Å². The number of nitrogens with zero attached hydrogens (tertiary/aromatic N) is 5. The van der Waals surface area contributed by atoms with Crippen LogP contribution >= 0.6 is 0 Å². The van der Waals surface area contributed by atoms with Gasteiger partial charge in [-0.3, -0.25) is 19.2 Å². The maximum atomic E-state index is 13.0. The molecule has 1 aliphatic heterocycles. The van der Waals surface area contributed by atoms with Crippen LogP contribution in [0.4, 0.5) is 5.82 Å². The molecule has 10 nitrogen and oxygen atoms in total. The van der Waals surface area contributed by atoms with E-state index in [0.717, 1.165) is 41.6 Å². The highest BCUT2D eigenvalue weighted by Crippen LogP contribution is 2.34. The maximum Gasteiger partial charge on any atom is 0.290 e. The topological polar surface area (TPSA) is 136 Å². The molecule has 1 saturated heterocycles. The third-order valence-electron chi connectivity index (χ3n) is 7.10. The summed E-state index contributed by atoms with van der Waals surface area (Å²) in [7, 11) is 0. The van der Waals surface area contributed by atoms with Crippen LogP contribution in [0.25, 0.3) is 44.7 Å². The number of likely N-dealkylation sites (tertiary alicyclic amines) is 1. The SMILES string of the molecule is C=C(CN1CCCC(n2nc(-c3ccc(-c4nc5ccccc5o4)cc3)c3c(N)n[nH]c(=O)c32)C1)C(C)=O. The summed E-state index contributed by atoms with van der Waals surface area (Å²) in [5.74, 6) is 0.720. The lowest BCUT2D eigenvalue weighted by molar-refractivity contribution is -0.113. The highest BCUT2D eigenvalue weighted by Gasteiger charge is 2.28. The van der Waals surface area contributed by atoms with E-state index in [1.807, 2.05) is 48.5 Å². The normalized spacial score (nSPS) is 16.3. The molecule has 0 radical (unpaired) electrons. The summed E-state index contributed by atoms with van der Waals surface area (Å²) in [6, 6.07) is 15.2. The number of aromatic nitrogens is 5. The Morgan fingerprint density at radius 3 is 2.71 bits per heavy atom. The number of H-pyrrole nitrogens is 1. The lowest BCUT2D eigenvalue weighted by atomic mass is 10.0. The predicted octanol–water partition coefficient (Wildman–Crippen LogP) is 3.96. The largest absolute Gasteiger partial charge is 0.436 e. The average Bonchev–Trinajstić information content (AvgIpc) is 3.54. The number of para-hydroxylation sites is 2. The van der Waals surface area contributed by atoms with Crippen molar-refractivity contribution >= 4 is 33.6 Å². The van der Waals surface area contributed by atoms with Gasteiger partial charge in [0.1, 0.15) is 16.7 Å². The summed E-state index contributed by atoms with van der Waals surface area (Å²) in [6.07, 6.45) is 1.75. The number of nitrogens with two attached hydrogens (primary N) is 1. The summed E-state index contributed by atoms with van der Waals surface area (Å²) >= 11 is 0. The van der Waals surface area contributed by atoms with Gasteiger partial charge in [-0.1, -0.05) is 30.8 Å². The average molecular weight is 510 g/mol. The Labute approximate surface area is 217 Å². The molecular weight excluding hydrogens is 482 g/mol. The molecule has 192 valence electrons. The number of hydrogen-bond acceptors (Lipinski definition) is 8. The fourth-order valence-electron chi connectivity index (χ4n) is 5.10. The number of oxazole rings is 1. The second-order valence-corrected chi connectivity index (χ2v) is 9.71. The Balaban J connectivity index is 1.38. The first-order valence-electron chi connectivity index (χ1n) is 12.5. The van der Waals surface area contributed by atoms with Crippen molar-refractivity contribution in [3.05, 3.63) is 71.0 Å². The third-order valence-corrected chi connectivity index (χ3v) is 7.10. The molecule has 0 bridgehead atoms. The van der Waals surface area contributed by atoms with E-state index in [4.69, 9.17) is 15.2 Å². The van der Waals surface area contributed by atoms with Crippen molar-refractivity contribution in [1.29, 1.82) is 0 Å². The number of carbonyl (C=O) groups is 1. The first-order chi connectivity index (χ1) is 18.4. The van der Waals surface area contributed by atoms with Gasteiger partial charge in [-0.15, -0.1) is 0 Å². The Hall–Kier alpha value is -4.57. The first kappa shape index (κ1) is 23.8. The number of nitrogens with one attached hydrogen (secondary N) is 1. The van der Waals surface area contributed by atoms with Gasteiger partial charge < -0.3 is 10.2 Å². The lowest BCUT2D eigenvalue weighted by Gasteiger charge is -2.33. The van der Waals surface area contributed by atoms with Gasteiger partial charge >= 0.3 is 0 Å². The summed E-state index contributed by atoms with van der Waals surface area (Å²) in [5.41, 5.74) is 10.6. The number of Topliss-reactive ketones (excluding diaryl/α,β-unsaturated/α-hetero) is 1. The predicted molar refractivity (Wildman–Crippen MR) is 146 cm³/mol. The number of hydrogen-bond donors (Lipinski definition) is 2. The van der Waals surface area contributed by atoms with E-state index in [-0.39, 0.29) is 23.2 Å². The van der Waals surface area contributed by atoms with Crippen molar-refractivity contribution in [3.8, 4) is 22.7 Å². The Morgan fingerprint density at radius 2 is 1.95 bits per heavy atom. The number of rotatable bonds is 6. The molecule has 0 saturated carbocycles. The summed E-state index contributed by atoms with van der Waals surface area (Å²) < 4.78 is 7.68. The molecule has 6 rings (SSSR count). The van der Waals surface area contributed by atoms with Gasteiger partial charge in [0.2, 0.25) is 5.89 Å². The first-order valence-corrected chi connectivity index (χ1v) is 12.5. The number of ketones is 1. The minimum absolute atomic E-state index is 0.0180. The van der Waals surface area contributed by atoms with Crippen LogP contribution in [0.15, 0.2) is 69.9 Å². The smallest absolute Gasteiger partial charge is 0.290 e. The van der Waals surface area contributed by atoms with Gasteiger partial charge in [0.25, 0.3) is 5.56 Å². The Morgan fingerprint density at radius 1 is 1.18 bits per heavy atom. The highest BCUT2D eigenvalue weighted by molar-refractivity contribution is 5.99. The summed E-state index contributed by atoms with van der Waals surface area (Å²) in [4.78, 5) is 31.5. The number of carbonyl (C=O) groups excluding carboxylic acids is 1. The quantitative estimate of drug-likeness (QED) is 0.328. The van der Waals surface area contributed by atoms with Crippen LogP contribution in [0.2, 0.25) is 0 Å². The van der Waals surface area contributed by atoms with E-state index < -0.39 is 0 Å². The monoisotopic (exact) mass is 509 g/mol. The van der Waals surface area contributed by atoms with E-state index >= 15 is 0 Å². The molecular formula is C28H27N7O3. The molecule has 0 aliphatic carbocycles. The van der Waals surface area contributed by atoms with Gasteiger partial charge in [-0.2, -0.15) is 10.2 Å². The third kappa shape index (κ3) is 4.18. The molecule has 0 amide bonds. The van der Waals surface area contributed by atoms with Gasteiger partial charge in [0.15, 0.2) is 17.2 Å². The summed E-state index contributed by atoms with van der Waals surface area (Å²) in [5, 5.41) is 12.0. The van der Waals surface area contributed by atoms with Gasteiger partial charge in [-0.05, 0) is 50.6 Å². The van der Waals surface area contributed by atoms with Gasteiger partial charge in [0, 0.05) is 29.8 Å². The van der Waals surface area contributed by atoms with E-state index in [1.54, 1.807) is 4.68 Å². The number of piperidine rings is 1. The molecule has 1 unspecified atom stereocenters. The molecule has 1 fully saturated rings. The number of benzene rings is 2. The standard InChI is InChI=1S/C28H27N7O3/c1-16(17(2)36)14-34-13-5-6-20(15-34)35-25-23(26(29)31-32-27(25)37)24(33-35)18-9-11-19(12-10-18)28-30-21-7-3-4-8-22(21)38-28/h3-4,7-12,20H,1,5-6,13-15H2,2H3,(H2,29,31)(H,32,37). The minimum atomic E-state index is -0.346. The van der Waals surface area contributed by atoms with Crippen molar-refractivity contribution in [2.75, 3.05) is 25.4 Å². The fourth-order valence-corrected chi connectivity index (χ4v) is 5.10. The number of anilines is 1. The second kappa shape index (κ2) is 9.38. The van der Waals surface area contributed by atoms with Crippen molar-refractivity contribution in [2.24, 2.45) is 0 Å². The highest BCUT2D eigenvalue weighted by atomic mass is 16.3.